The summed E-state index contributed by atoms with van der Waals surface area (Å²) in [7, 11) is 1.35. The van der Waals surface area contributed by atoms with E-state index in [9.17, 15) is 24.2 Å². The van der Waals surface area contributed by atoms with E-state index in [0.717, 1.165) is 12.1 Å². The molecule has 4 rings (SSSR count). The number of hydrogen-bond acceptors (Lipinski definition) is 6. The molecule has 1 atom stereocenters. The molecule has 32 heavy (non-hydrogen) atoms. The van der Waals surface area contributed by atoms with Crippen molar-refractivity contribution in [3.8, 4) is 11.5 Å². The number of halogens is 1. The van der Waals surface area contributed by atoms with Crippen LogP contribution in [0.25, 0.3) is 5.76 Å². The number of ketones is 1. The van der Waals surface area contributed by atoms with Gasteiger partial charge in [-0.3, -0.25) is 14.6 Å². The van der Waals surface area contributed by atoms with Crippen LogP contribution in [0.15, 0.2) is 72.4 Å². The van der Waals surface area contributed by atoms with Crippen molar-refractivity contribution in [2.24, 2.45) is 0 Å². The molecular weight excluding hydrogens is 415 g/mol. The number of ether oxygens (including phenoxy) is 1. The number of aliphatic hydroxyl groups excluding tert-OH is 1. The quantitative estimate of drug-likeness (QED) is 0.362. The van der Waals surface area contributed by atoms with E-state index in [1.807, 2.05) is 0 Å². The number of nitrogens with zero attached hydrogens (tertiary/aromatic N) is 2. The van der Waals surface area contributed by atoms with E-state index in [1.165, 1.54) is 30.2 Å². The Hall–Kier alpha value is -4.20. The number of carbonyl (C=O) groups excluding carboxylic acids is 2. The second-order valence-electron chi connectivity index (χ2n) is 7.18. The number of pyridine rings is 1. The van der Waals surface area contributed by atoms with Crippen LogP contribution in [0.4, 0.5) is 4.39 Å². The van der Waals surface area contributed by atoms with Crippen LogP contribution in [-0.4, -0.2) is 38.9 Å². The third-order valence-corrected chi connectivity index (χ3v) is 5.22. The first kappa shape index (κ1) is 21.0. The maximum absolute atomic E-state index is 13.9. The van der Waals surface area contributed by atoms with Gasteiger partial charge in [0.05, 0.1) is 36.5 Å². The van der Waals surface area contributed by atoms with Crippen LogP contribution < -0.4 is 4.74 Å². The lowest BCUT2D eigenvalue weighted by atomic mass is 9.95. The molecule has 1 aliphatic heterocycles. The Morgan fingerprint density at radius 1 is 1.12 bits per heavy atom. The summed E-state index contributed by atoms with van der Waals surface area (Å²) in [5, 5.41) is 20.8. The van der Waals surface area contributed by atoms with Crippen molar-refractivity contribution in [3.63, 3.8) is 0 Å². The van der Waals surface area contributed by atoms with Gasteiger partial charge in [0.1, 0.15) is 23.1 Å². The summed E-state index contributed by atoms with van der Waals surface area (Å²) >= 11 is 0. The number of aliphatic hydroxyl groups is 1. The van der Waals surface area contributed by atoms with Gasteiger partial charge in [0, 0.05) is 6.20 Å². The van der Waals surface area contributed by atoms with E-state index in [2.05, 4.69) is 4.98 Å². The molecule has 7 nitrogen and oxygen atoms in total. The van der Waals surface area contributed by atoms with Gasteiger partial charge < -0.3 is 19.8 Å². The fourth-order valence-corrected chi connectivity index (χ4v) is 3.72. The Bertz CT molecular complexity index is 1210. The number of rotatable bonds is 5. The largest absolute Gasteiger partial charge is 0.508 e. The SMILES string of the molecule is COc1ccc(F)cc1/C(O)=C1\C(=O)C(=O)N(Cc2ccccn2)C1c1ccc(O)cc1. The molecule has 2 N–H and O–H groups in total. The van der Waals surface area contributed by atoms with Gasteiger partial charge in [0.2, 0.25) is 0 Å². The number of amides is 1. The highest BCUT2D eigenvalue weighted by molar-refractivity contribution is 6.46. The zero-order chi connectivity index (χ0) is 22.8. The molecule has 2 aromatic carbocycles. The molecule has 1 saturated heterocycles. The minimum atomic E-state index is -0.981. The molecule has 8 heteroatoms. The average molecular weight is 434 g/mol. The molecule has 1 amide bonds. The second kappa shape index (κ2) is 8.50. The number of phenols is 1. The van der Waals surface area contributed by atoms with E-state index < -0.39 is 29.3 Å². The number of hydrogen-bond donors (Lipinski definition) is 2. The molecule has 0 aliphatic carbocycles. The normalized spacial score (nSPS) is 17.6. The van der Waals surface area contributed by atoms with Crippen LogP contribution in [0.1, 0.15) is 22.9 Å². The maximum Gasteiger partial charge on any atom is 0.296 e. The third-order valence-electron chi connectivity index (χ3n) is 5.22. The summed E-state index contributed by atoms with van der Waals surface area (Å²) < 4.78 is 19.2. The summed E-state index contributed by atoms with van der Waals surface area (Å²) in [4.78, 5) is 31.5. The van der Waals surface area contributed by atoms with E-state index in [1.54, 1.807) is 36.5 Å². The minimum absolute atomic E-state index is 0.00206. The van der Waals surface area contributed by atoms with Gasteiger partial charge in [0.15, 0.2) is 0 Å². The number of phenolic OH excluding ortho intramolecular Hbond substituents is 1. The number of Topliss-reactive ketones (excluding diaryl/α,β-unsaturated/α-hetero) is 1. The molecule has 0 radical (unpaired) electrons. The van der Waals surface area contributed by atoms with Crippen LogP contribution in [0.2, 0.25) is 0 Å². The summed E-state index contributed by atoms with van der Waals surface area (Å²) in [6, 6.07) is 13.7. The number of benzene rings is 2. The molecule has 3 aromatic rings. The first-order valence-corrected chi connectivity index (χ1v) is 9.72. The van der Waals surface area contributed by atoms with Gasteiger partial charge in [-0.2, -0.15) is 0 Å². The van der Waals surface area contributed by atoms with E-state index in [4.69, 9.17) is 4.74 Å². The van der Waals surface area contributed by atoms with Gasteiger partial charge in [-0.05, 0) is 48.0 Å². The summed E-state index contributed by atoms with van der Waals surface area (Å²) in [5.41, 5.74) is 0.768. The first-order chi connectivity index (χ1) is 15.4. The molecular formula is C24H19FN2O5. The highest BCUT2D eigenvalue weighted by Gasteiger charge is 2.46. The van der Waals surface area contributed by atoms with Crippen molar-refractivity contribution in [1.29, 1.82) is 0 Å². The Balaban J connectivity index is 1.91. The Labute approximate surface area is 183 Å². The van der Waals surface area contributed by atoms with Crippen molar-refractivity contribution >= 4 is 17.4 Å². The molecule has 162 valence electrons. The van der Waals surface area contributed by atoms with Crippen LogP contribution in [-0.2, 0) is 16.1 Å². The predicted molar refractivity (Wildman–Crippen MR) is 113 cm³/mol. The second-order valence-corrected chi connectivity index (χ2v) is 7.18. The molecule has 0 saturated carbocycles. The van der Waals surface area contributed by atoms with Gasteiger partial charge in [0.25, 0.3) is 11.7 Å². The zero-order valence-corrected chi connectivity index (χ0v) is 17.0. The zero-order valence-electron chi connectivity index (χ0n) is 17.0. The number of aromatic hydroxyl groups is 1. The van der Waals surface area contributed by atoms with Crippen molar-refractivity contribution in [1.82, 2.24) is 9.88 Å². The maximum atomic E-state index is 13.9. The van der Waals surface area contributed by atoms with Crippen molar-refractivity contribution in [2.45, 2.75) is 12.6 Å². The first-order valence-electron chi connectivity index (χ1n) is 9.72. The lowest BCUT2D eigenvalue weighted by molar-refractivity contribution is -0.140. The number of methoxy groups -OCH3 is 1. The Morgan fingerprint density at radius 3 is 2.53 bits per heavy atom. The van der Waals surface area contributed by atoms with Crippen molar-refractivity contribution in [2.75, 3.05) is 7.11 Å². The number of aromatic nitrogens is 1. The fourth-order valence-electron chi connectivity index (χ4n) is 3.72. The van der Waals surface area contributed by atoms with Crippen LogP contribution >= 0.6 is 0 Å². The fraction of sp³-hybridized carbons (Fsp3) is 0.125. The highest BCUT2D eigenvalue weighted by atomic mass is 19.1. The topological polar surface area (TPSA) is 100.0 Å². The van der Waals surface area contributed by atoms with Crippen molar-refractivity contribution in [3.05, 3.63) is 95.1 Å². The molecule has 1 aromatic heterocycles. The van der Waals surface area contributed by atoms with Gasteiger partial charge in [-0.15, -0.1) is 0 Å². The standard InChI is InChI=1S/C24H19FN2O5/c1-32-19-10-7-15(25)12-18(19)22(29)20-21(14-5-8-17(28)9-6-14)27(24(31)23(20)30)13-16-4-2-3-11-26-16/h2-12,21,28-29H,13H2,1H3/b22-20+. The van der Waals surface area contributed by atoms with Crippen molar-refractivity contribution < 1.29 is 28.9 Å². The summed E-state index contributed by atoms with van der Waals surface area (Å²) in [6.07, 6.45) is 1.57. The lowest BCUT2D eigenvalue weighted by Gasteiger charge is -2.25. The predicted octanol–water partition coefficient (Wildman–Crippen LogP) is 3.56. The monoisotopic (exact) mass is 434 g/mol. The van der Waals surface area contributed by atoms with Crippen LogP contribution in [0, 0.1) is 5.82 Å². The summed E-state index contributed by atoms with van der Waals surface area (Å²) in [6.45, 7) is 0.00796. The van der Waals surface area contributed by atoms with Crippen LogP contribution in [0.3, 0.4) is 0 Å². The van der Waals surface area contributed by atoms with E-state index in [-0.39, 0.29) is 29.2 Å². The summed E-state index contributed by atoms with van der Waals surface area (Å²) in [5.74, 6) is -2.79. The Kier molecular flexibility index (Phi) is 5.59. The minimum Gasteiger partial charge on any atom is -0.508 e. The van der Waals surface area contributed by atoms with E-state index >= 15 is 0 Å². The molecule has 0 spiro atoms. The third kappa shape index (κ3) is 3.78. The van der Waals surface area contributed by atoms with E-state index in [0.29, 0.717) is 11.3 Å². The lowest BCUT2D eigenvalue weighted by Crippen LogP contribution is -2.29. The van der Waals surface area contributed by atoms with Crippen LogP contribution in [0.5, 0.6) is 11.5 Å². The molecule has 1 aliphatic rings. The van der Waals surface area contributed by atoms with Gasteiger partial charge in [-0.1, -0.05) is 18.2 Å². The number of carbonyl (C=O) groups is 2. The highest BCUT2D eigenvalue weighted by Crippen LogP contribution is 2.41. The molecule has 1 fully saturated rings. The smallest absolute Gasteiger partial charge is 0.296 e. The Morgan fingerprint density at radius 2 is 1.88 bits per heavy atom. The number of likely N-dealkylation sites (tertiary alicyclic amines) is 1. The molecule has 2 heterocycles. The molecule has 0 bridgehead atoms. The van der Waals surface area contributed by atoms with Gasteiger partial charge in [-0.25, -0.2) is 4.39 Å². The molecule has 1 unspecified atom stereocenters. The average Bonchev–Trinajstić information content (AvgIpc) is 3.04. The van der Waals surface area contributed by atoms with Gasteiger partial charge >= 0.3 is 0 Å².